The molecule has 0 radical (unpaired) electrons. The number of nitrogens with two attached hydrogens (primary N) is 1. The molecule has 0 heterocycles. The fourth-order valence-electron chi connectivity index (χ4n) is 2.70. The van der Waals surface area contributed by atoms with Crippen LogP contribution in [0.2, 0.25) is 0 Å². The normalized spacial score (nSPS) is 18.2. The minimum absolute atomic E-state index is 0. The molecule has 0 bridgehead atoms. The second-order valence-corrected chi connectivity index (χ2v) is 5.06. The van der Waals surface area contributed by atoms with Crippen molar-refractivity contribution in [3.8, 4) is 5.75 Å². The molecule has 1 aliphatic rings. The van der Waals surface area contributed by atoms with Gasteiger partial charge in [-0.2, -0.15) is 0 Å². The Morgan fingerprint density at radius 1 is 1.28 bits per heavy atom. The Morgan fingerprint density at radius 3 is 2.50 bits per heavy atom. The van der Waals surface area contributed by atoms with Gasteiger partial charge < -0.3 is 10.8 Å². The average molecular weight is 274 g/mol. The lowest BCUT2D eigenvalue weighted by Gasteiger charge is -2.28. The number of hydrogen-bond donors (Lipinski definition) is 2. The monoisotopic (exact) mass is 273 g/mol. The Hall–Kier alpha value is -0.800. The van der Waals surface area contributed by atoms with Gasteiger partial charge in [0.25, 0.3) is 0 Å². The number of aryl methyl sites for hydroxylation is 1. The average Bonchev–Trinajstić information content (AvgIpc) is 2.36. The zero-order valence-corrected chi connectivity index (χ0v) is 11.5. The molecule has 0 saturated heterocycles. The maximum absolute atomic E-state index is 13.6. The van der Waals surface area contributed by atoms with Crippen molar-refractivity contribution in [1.82, 2.24) is 0 Å². The molecule has 0 spiro atoms. The summed E-state index contributed by atoms with van der Waals surface area (Å²) in [6.45, 7) is 1.64. The third-order valence-electron chi connectivity index (χ3n) is 3.86. The Bertz CT molecular complexity index is 405. The summed E-state index contributed by atoms with van der Waals surface area (Å²) < 4.78 is 13.6. The van der Waals surface area contributed by atoms with Gasteiger partial charge in [-0.1, -0.05) is 31.4 Å². The second kappa shape index (κ2) is 6.39. The van der Waals surface area contributed by atoms with Crippen molar-refractivity contribution in [2.75, 3.05) is 0 Å². The van der Waals surface area contributed by atoms with Crippen LogP contribution in [0.1, 0.15) is 49.3 Å². The van der Waals surface area contributed by atoms with Crippen LogP contribution in [0.5, 0.6) is 5.75 Å². The molecule has 2 nitrogen and oxygen atoms in total. The van der Waals surface area contributed by atoms with Gasteiger partial charge in [-0.05, 0) is 31.2 Å². The van der Waals surface area contributed by atoms with Gasteiger partial charge in [-0.25, -0.2) is 4.39 Å². The highest BCUT2D eigenvalue weighted by molar-refractivity contribution is 5.85. The van der Waals surface area contributed by atoms with Gasteiger partial charge >= 0.3 is 0 Å². The molecule has 4 heteroatoms. The highest BCUT2D eigenvalue weighted by Crippen LogP contribution is 2.37. The molecule has 0 unspecified atom stereocenters. The predicted octanol–water partition coefficient (Wildman–Crippen LogP) is 3.84. The van der Waals surface area contributed by atoms with Crippen LogP contribution in [-0.4, -0.2) is 5.11 Å². The summed E-state index contributed by atoms with van der Waals surface area (Å²) in [7, 11) is 0. The zero-order valence-electron chi connectivity index (χ0n) is 10.7. The van der Waals surface area contributed by atoms with E-state index in [4.69, 9.17) is 5.73 Å². The smallest absolute Gasteiger partial charge is 0.168 e. The molecule has 1 atom stereocenters. The summed E-state index contributed by atoms with van der Waals surface area (Å²) in [5.41, 5.74) is 7.18. The third-order valence-corrected chi connectivity index (χ3v) is 3.86. The molecule has 0 aliphatic heterocycles. The molecule has 1 fully saturated rings. The zero-order chi connectivity index (χ0) is 12.4. The van der Waals surface area contributed by atoms with Crippen LogP contribution >= 0.6 is 12.4 Å². The fraction of sp³-hybridized carbons (Fsp3) is 0.571. The van der Waals surface area contributed by atoms with Gasteiger partial charge in [-0.3, -0.25) is 0 Å². The van der Waals surface area contributed by atoms with E-state index in [0.29, 0.717) is 17.0 Å². The van der Waals surface area contributed by atoms with Crippen molar-refractivity contribution >= 4 is 12.4 Å². The lowest BCUT2D eigenvalue weighted by molar-refractivity contribution is 0.300. The summed E-state index contributed by atoms with van der Waals surface area (Å²) in [4.78, 5) is 0. The van der Waals surface area contributed by atoms with Crippen LogP contribution in [0.3, 0.4) is 0 Å². The molecule has 3 N–H and O–H groups in total. The second-order valence-electron chi connectivity index (χ2n) is 5.06. The molecular formula is C14H21ClFNO. The predicted molar refractivity (Wildman–Crippen MR) is 73.6 cm³/mol. The molecule has 102 valence electrons. The Morgan fingerprint density at radius 2 is 1.89 bits per heavy atom. The van der Waals surface area contributed by atoms with E-state index in [1.54, 1.807) is 19.1 Å². The van der Waals surface area contributed by atoms with E-state index in [0.717, 1.165) is 12.8 Å². The van der Waals surface area contributed by atoms with E-state index < -0.39 is 5.82 Å². The Labute approximate surface area is 114 Å². The Balaban J connectivity index is 0.00000162. The Kier molecular flexibility index (Phi) is 5.42. The maximum atomic E-state index is 13.6. The van der Waals surface area contributed by atoms with Crippen LogP contribution in [0, 0.1) is 18.7 Å². The molecule has 1 aromatic carbocycles. The van der Waals surface area contributed by atoms with E-state index in [-0.39, 0.29) is 24.2 Å². The number of phenols is 1. The van der Waals surface area contributed by atoms with E-state index in [2.05, 4.69) is 0 Å². The standard InChI is InChI=1S/C14H20FNO.ClH/c1-9-7-8-11(14(17)12(9)15)13(16)10-5-3-2-4-6-10;/h7-8,10,13,17H,2-6,16H2,1H3;1H/t13-;/m1./s1. The van der Waals surface area contributed by atoms with Crippen molar-refractivity contribution in [3.05, 3.63) is 29.1 Å². The number of benzene rings is 1. The maximum Gasteiger partial charge on any atom is 0.168 e. The lowest BCUT2D eigenvalue weighted by Crippen LogP contribution is -2.23. The van der Waals surface area contributed by atoms with Gasteiger partial charge in [-0.15, -0.1) is 12.4 Å². The molecule has 2 rings (SSSR count). The lowest BCUT2D eigenvalue weighted by atomic mass is 9.81. The highest BCUT2D eigenvalue weighted by atomic mass is 35.5. The van der Waals surface area contributed by atoms with Gasteiger partial charge in [0.1, 0.15) is 0 Å². The fourth-order valence-corrected chi connectivity index (χ4v) is 2.70. The van der Waals surface area contributed by atoms with E-state index in [1.807, 2.05) is 0 Å². The van der Waals surface area contributed by atoms with Crippen LogP contribution in [-0.2, 0) is 0 Å². The first-order valence-corrected chi connectivity index (χ1v) is 6.35. The van der Waals surface area contributed by atoms with Crippen molar-refractivity contribution < 1.29 is 9.50 Å². The van der Waals surface area contributed by atoms with E-state index in [9.17, 15) is 9.50 Å². The topological polar surface area (TPSA) is 46.2 Å². The molecule has 1 aromatic rings. The largest absolute Gasteiger partial charge is 0.505 e. The van der Waals surface area contributed by atoms with Gasteiger partial charge in [0.05, 0.1) is 0 Å². The summed E-state index contributed by atoms with van der Waals surface area (Å²) in [5.74, 6) is -0.423. The summed E-state index contributed by atoms with van der Waals surface area (Å²) in [6.07, 6.45) is 5.80. The SMILES string of the molecule is Cc1ccc([C@H](N)C2CCCCC2)c(O)c1F.Cl. The number of phenolic OH excluding ortho intramolecular Hbond substituents is 1. The van der Waals surface area contributed by atoms with Crippen LogP contribution < -0.4 is 5.73 Å². The molecule has 18 heavy (non-hydrogen) atoms. The van der Waals surface area contributed by atoms with Gasteiger partial charge in [0, 0.05) is 11.6 Å². The van der Waals surface area contributed by atoms with Gasteiger partial charge in [0.15, 0.2) is 11.6 Å². The first kappa shape index (κ1) is 15.3. The van der Waals surface area contributed by atoms with Crippen LogP contribution in [0.25, 0.3) is 0 Å². The molecule has 1 saturated carbocycles. The van der Waals surface area contributed by atoms with Gasteiger partial charge in [0.2, 0.25) is 0 Å². The number of aromatic hydroxyl groups is 1. The van der Waals surface area contributed by atoms with Crippen LogP contribution in [0.15, 0.2) is 12.1 Å². The first-order valence-electron chi connectivity index (χ1n) is 6.35. The quantitative estimate of drug-likeness (QED) is 0.860. The van der Waals surface area contributed by atoms with Crippen molar-refractivity contribution in [2.45, 2.75) is 45.1 Å². The van der Waals surface area contributed by atoms with Crippen molar-refractivity contribution in [3.63, 3.8) is 0 Å². The minimum atomic E-state index is -0.534. The summed E-state index contributed by atoms with van der Waals surface area (Å²) in [5, 5.41) is 9.82. The number of rotatable bonds is 2. The van der Waals surface area contributed by atoms with E-state index >= 15 is 0 Å². The number of halogens is 2. The minimum Gasteiger partial charge on any atom is -0.505 e. The third kappa shape index (κ3) is 2.96. The molecule has 0 amide bonds. The number of hydrogen-bond acceptors (Lipinski definition) is 2. The molecular weight excluding hydrogens is 253 g/mol. The van der Waals surface area contributed by atoms with Crippen molar-refractivity contribution in [1.29, 1.82) is 0 Å². The highest BCUT2D eigenvalue weighted by Gasteiger charge is 2.25. The summed E-state index contributed by atoms with van der Waals surface area (Å²) >= 11 is 0. The molecule has 1 aliphatic carbocycles. The molecule has 0 aromatic heterocycles. The van der Waals surface area contributed by atoms with Crippen molar-refractivity contribution in [2.24, 2.45) is 11.7 Å². The summed E-state index contributed by atoms with van der Waals surface area (Å²) in [6, 6.07) is 3.20. The van der Waals surface area contributed by atoms with E-state index in [1.165, 1.54) is 19.3 Å². The van der Waals surface area contributed by atoms with Crippen LogP contribution in [0.4, 0.5) is 4.39 Å². The first-order chi connectivity index (χ1) is 8.11.